The SMILES string of the molecule is C#CCn1cc(C(=O)O)c(=O)c2cc(NC(=O)[C@H](C)NC(=O)c3ccc(-c4ccccc4)cc3)ccc21. The summed E-state index contributed by atoms with van der Waals surface area (Å²) in [5, 5.41) is 14.8. The molecule has 0 aliphatic heterocycles. The summed E-state index contributed by atoms with van der Waals surface area (Å²) in [4.78, 5) is 49.6. The average molecular weight is 494 g/mol. The fourth-order valence-corrected chi connectivity index (χ4v) is 3.90. The molecular formula is C29H23N3O5. The van der Waals surface area contributed by atoms with Crippen molar-refractivity contribution < 1.29 is 19.5 Å². The minimum atomic E-state index is -1.37. The maximum absolute atomic E-state index is 12.8. The van der Waals surface area contributed by atoms with Crippen molar-refractivity contribution in [3.8, 4) is 23.5 Å². The Hall–Kier alpha value is -5.16. The van der Waals surface area contributed by atoms with Gasteiger partial charge in [0.25, 0.3) is 5.91 Å². The number of rotatable bonds is 7. The highest BCUT2D eigenvalue weighted by Gasteiger charge is 2.19. The van der Waals surface area contributed by atoms with Crippen molar-refractivity contribution >= 4 is 34.4 Å². The van der Waals surface area contributed by atoms with E-state index >= 15 is 0 Å². The Morgan fingerprint density at radius 1 is 1.00 bits per heavy atom. The van der Waals surface area contributed by atoms with Gasteiger partial charge in [0.1, 0.15) is 11.6 Å². The van der Waals surface area contributed by atoms with Crippen molar-refractivity contribution in [2.24, 2.45) is 0 Å². The standard InChI is InChI=1S/C29H23N3O5/c1-3-15-32-17-24(29(36)37)26(33)23-16-22(13-14-25(23)32)31-27(34)18(2)30-28(35)21-11-9-20(10-12-21)19-7-5-4-6-8-19/h1,4-14,16-18H,15H2,2H3,(H,30,35)(H,31,34)(H,36,37)/t18-/m0/s1. The van der Waals surface area contributed by atoms with Crippen LogP contribution in [0, 0.1) is 12.3 Å². The number of hydrogen-bond donors (Lipinski definition) is 3. The lowest BCUT2D eigenvalue weighted by Gasteiger charge is -2.15. The van der Waals surface area contributed by atoms with E-state index in [1.807, 2.05) is 42.5 Å². The third-order valence-electron chi connectivity index (χ3n) is 5.83. The second-order valence-corrected chi connectivity index (χ2v) is 8.37. The van der Waals surface area contributed by atoms with Gasteiger partial charge in [0.2, 0.25) is 11.3 Å². The fraction of sp³-hybridized carbons (Fsp3) is 0.103. The van der Waals surface area contributed by atoms with Gasteiger partial charge >= 0.3 is 5.97 Å². The van der Waals surface area contributed by atoms with Crippen molar-refractivity contribution in [2.45, 2.75) is 19.5 Å². The maximum atomic E-state index is 12.8. The number of nitrogens with zero attached hydrogens (tertiary/aromatic N) is 1. The van der Waals surface area contributed by atoms with Crippen LogP contribution < -0.4 is 16.1 Å². The zero-order valence-corrected chi connectivity index (χ0v) is 19.9. The Morgan fingerprint density at radius 3 is 2.32 bits per heavy atom. The molecule has 3 aromatic carbocycles. The summed E-state index contributed by atoms with van der Waals surface area (Å²) in [6.45, 7) is 1.60. The Bertz CT molecular complexity index is 1600. The number of pyridine rings is 1. The molecule has 1 aromatic heterocycles. The number of carboxylic acid groups (broad SMARTS) is 1. The van der Waals surface area contributed by atoms with Crippen molar-refractivity contribution in [3.05, 3.63) is 100 Å². The lowest BCUT2D eigenvalue weighted by atomic mass is 10.0. The van der Waals surface area contributed by atoms with E-state index in [1.54, 1.807) is 24.3 Å². The second-order valence-electron chi connectivity index (χ2n) is 8.37. The van der Waals surface area contributed by atoms with Crippen LogP contribution in [0.2, 0.25) is 0 Å². The van der Waals surface area contributed by atoms with Crippen molar-refractivity contribution in [2.75, 3.05) is 5.32 Å². The van der Waals surface area contributed by atoms with Crippen LogP contribution in [0.5, 0.6) is 0 Å². The molecule has 4 rings (SSSR count). The van der Waals surface area contributed by atoms with E-state index in [1.165, 1.54) is 23.8 Å². The molecule has 0 unspecified atom stereocenters. The number of hydrogen-bond acceptors (Lipinski definition) is 4. The highest BCUT2D eigenvalue weighted by Crippen LogP contribution is 2.20. The van der Waals surface area contributed by atoms with Gasteiger partial charge in [-0.05, 0) is 48.4 Å². The number of nitrogens with one attached hydrogen (secondary N) is 2. The van der Waals surface area contributed by atoms with Crippen LogP contribution in [-0.2, 0) is 11.3 Å². The molecule has 0 saturated heterocycles. The van der Waals surface area contributed by atoms with Crippen molar-refractivity contribution in [1.82, 2.24) is 9.88 Å². The first-order valence-corrected chi connectivity index (χ1v) is 11.4. The van der Waals surface area contributed by atoms with Crippen LogP contribution in [0.15, 0.2) is 83.8 Å². The van der Waals surface area contributed by atoms with Crippen molar-refractivity contribution in [3.63, 3.8) is 0 Å². The summed E-state index contributed by atoms with van der Waals surface area (Å²) in [5.41, 5.74) is 1.99. The van der Waals surface area contributed by atoms with E-state index in [-0.39, 0.29) is 17.6 Å². The van der Waals surface area contributed by atoms with E-state index in [0.717, 1.165) is 11.1 Å². The van der Waals surface area contributed by atoms with Crippen LogP contribution in [0.3, 0.4) is 0 Å². The normalized spacial score (nSPS) is 11.4. The average Bonchev–Trinajstić information content (AvgIpc) is 2.90. The smallest absolute Gasteiger partial charge is 0.341 e. The minimum Gasteiger partial charge on any atom is -0.477 e. The van der Waals surface area contributed by atoms with Crippen LogP contribution in [0.25, 0.3) is 22.0 Å². The predicted octanol–water partition coefficient (Wildman–Crippen LogP) is 3.76. The number of terminal acetylenes is 1. The summed E-state index contributed by atoms with van der Waals surface area (Å²) in [5.74, 6) is 0.129. The molecule has 8 nitrogen and oxygen atoms in total. The molecule has 0 saturated carbocycles. The molecule has 3 N–H and O–H groups in total. The number of aromatic carboxylic acids is 1. The van der Waals surface area contributed by atoms with E-state index < -0.39 is 34.8 Å². The summed E-state index contributed by atoms with van der Waals surface area (Å²) in [6.07, 6.45) is 6.58. The van der Waals surface area contributed by atoms with Gasteiger partial charge in [0, 0.05) is 22.8 Å². The molecule has 0 bridgehead atoms. The number of anilines is 1. The number of carbonyl (C=O) groups is 3. The lowest BCUT2D eigenvalue weighted by molar-refractivity contribution is -0.117. The molecule has 1 heterocycles. The molecule has 0 aliphatic rings. The predicted molar refractivity (Wildman–Crippen MR) is 141 cm³/mol. The quantitative estimate of drug-likeness (QED) is 0.339. The van der Waals surface area contributed by atoms with Gasteiger partial charge in [-0.25, -0.2) is 4.79 Å². The Morgan fingerprint density at radius 2 is 1.68 bits per heavy atom. The monoisotopic (exact) mass is 493 g/mol. The van der Waals surface area contributed by atoms with E-state index in [4.69, 9.17) is 6.42 Å². The largest absolute Gasteiger partial charge is 0.477 e. The first-order chi connectivity index (χ1) is 17.8. The molecule has 0 radical (unpaired) electrons. The van der Waals surface area contributed by atoms with Gasteiger partial charge in [0.15, 0.2) is 0 Å². The molecule has 8 heteroatoms. The fourth-order valence-electron chi connectivity index (χ4n) is 3.90. The van der Waals surface area contributed by atoms with Gasteiger partial charge in [-0.1, -0.05) is 48.4 Å². The first kappa shape index (κ1) is 24.9. The van der Waals surface area contributed by atoms with E-state index in [9.17, 15) is 24.3 Å². The zero-order chi connectivity index (χ0) is 26.5. The van der Waals surface area contributed by atoms with Gasteiger partial charge < -0.3 is 20.3 Å². The molecular weight excluding hydrogens is 470 g/mol. The molecule has 0 aliphatic carbocycles. The minimum absolute atomic E-state index is 0.0676. The van der Waals surface area contributed by atoms with Crippen LogP contribution in [0.1, 0.15) is 27.6 Å². The van der Waals surface area contributed by atoms with Crippen LogP contribution in [-0.4, -0.2) is 33.5 Å². The van der Waals surface area contributed by atoms with Crippen molar-refractivity contribution in [1.29, 1.82) is 0 Å². The zero-order valence-electron chi connectivity index (χ0n) is 19.9. The number of carbonyl (C=O) groups excluding carboxylic acids is 2. The summed E-state index contributed by atoms with van der Waals surface area (Å²) >= 11 is 0. The summed E-state index contributed by atoms with van der Waals surface area (Å²) in [7, 11) is 0. The highest BCUT2D eigenvalue weighted by atomic mass is 16.4. The number of carboxylic acids is 1. The van der Waals surface area contributed by atoms with Crippen LogP contribution in [0.4, 0.5) is 5.69 Å². The third-order valence-corrected chi connectivity index (χ3v) is 5.83. The first-order valence-electron chi connectivity index (χ1n) is 11.4. The van der Waals surface area contributed by atoms with E-state index in [2.05, 4.69) is 16.6 Å². The highest BCUT2D eigenvalue weighted by molar-refractivity contribution is 6.02. The molecule has 37 heavy (non-hydrogen) atoms. The number of benzene rings is 3. The third kappa shape index (κ3) is 5.41. The molecule has 1 atom stereocenters. The summed E-state index contributed by atoms with van der Waals surface area (Å²) in [6, 6.07) is 20.4. The number of fused-ring (bicyclic) bond motifs is 1. The molecule has 0 spiro atoms. The molecule has 184 valence electrons. The van der Waals surface area contributed by atoms with E-state index in [0.29, 0.717) is 11.1 Å². The second kappa shape index (κ2) is 10.6. The number of aromatic nitrogens is 1. The van der Waals surface area contributed by atoms with Crippen LogP contribution >= 0.6 is 0 Å². The molecule has 4 aromatic rings. The topological polar surface area (TPSA) is 118 Å². The lowest BCUT2D eigenvalue weighted by Crippen LogP contribution is -2.41. The molecule has 0 fully saturated rings. The van der Waals surface area contributed by atoms with Gasteiger partial charge in [-0.3, -0.25) is 14.4 Å². The van der Waals surface area contributed by atoms with Gasteiger partial charge in [-0.2, -0.15) is 0 Å². The maximum Gasteiger partial charge on any atom is 0.341 e. The Labute approximate surface area is 212 Å². The Balaban J connectivity index is 1.49. The van der Waals surface area contributed by atoms with Gasteiger partial charge in [0.05, 0.1) is 12.1 Å². The molecule has 2 amide bonds. The van der Waals surface area contributed by atoms with Gasteiger partial charge in [-0.15, -0.1) is 6.42 Å². The number of amides is 2. The Kier molecular flexibility index (Phi) is 7.16. The summed E-state index contributed by atoms with van der Waals surface area (Å²) < 4.78 is 1.48.